The number of H-pyrrole nitrogens is 1. The first kappa shape index (κ1) is 15.6. The standard InChI is InChI=1S/C11H19N3O4S/c1-8(2)3-4-19(17,18)14-10(11(15)16)5-9-6-12-7-13-9/h6-8,10,14H,3-5H2,1-2H3,(H,12,13)(H,15,16)/t10-/m1/s1. The maximum Gasteiger partial charge on any atom is 0.322 e. The van der Waals surface area contributed by atoms with Crippen LogP contribution >= 0.6 is 0 Å². The highest BCUT2D eigenvalue weighted by atomic mass is 32.2. The molecule has 1 aromatic rings. The zero-order valence-corrected chi connectivity index (χ0v) is 11.8. The van der Waals surface area contributed by atoms with Crippen molar-refractivity contribution in [1.82, 2.24) is 14.7 Å². The second-order valence-corrected chi connectivity index (χ2v) is 6.66. The molecule has 108 valence electrons. The number of aromatic nitrogens is 2. The Bertz CT molecular complexity index is 496. The number of hydrogen-bond acceptors (Lipinski definition) is 4. The molecule has 1 atom stereocenters. The molecule has 0 aliphatic rings. The Hall–Kier alpha value is -1.41. The van der Waals surface area contributed by atoms with Crippen molar-refractivity contribution >= 4 is 16.0 Å². The summed E-state index contributed by atoms with van der Waals surface area (Å²) in [5.41, 5.74) is 0.568. The lowest BCUT2D eigenvalue weighted by atomic mass is 10.2. The lowest BCUT2D eigenvalue weighted by Gasteiger charge is -2.14. The van der Waals surface area contributed by atoms with E-state index in [0.717, 1.165) is 0 Å². The van der Waals surface area contributed by atoms with Crippen molar-refractivity contribution in [3.63, 3.8) is 0 Å². The minimum atomic E-state index is -3.59. The van der Waals surface area contributed by atoms with Gasteiger partial charge in [-0.15, -0.1) is 0 Å². The number of rotatable bonds is 8. The molecule has 0 saturated heterocycles. The molecule has 0 amide bonds. The first-order valence-electron chi connectivity index (χ1n) is 6.00. The van der Waals surface area contributed by atoms with Gasteiger partial charge in [0, 0.05) is 18.3 Å². The van der Waals surface area contributed by atoms with Crippen molar-refractivity contribution in [2.75, 3.05) is 5.75 Å². The molecule has 0 radical (unpaired) electrons. The van der Waals surface area contributed by atoms with Gasteiger partial charge in [0.05, 0.1) is 12.1 Å². The number of aromatic amines is 1. The fourth-order valence-corrected chi connectivity index (χ4v) is 2.98. The van der Waals surface area contributed by atoms with Crippen molar-refractivity contribution in [3.8, 4) is 0 Å². The van der Waals surface area contributed by atoms with Crippen LogP contribution in [-0.4, -0.2) is 41.3 Å². The molecule has 0 aliphatic heterocycles. The van der Waals surface area contributed by atoms with E-state index in [1.54, 1.807) is 0 Å². The van der Waals surface area contributed by atoms with Crippen LogP contribution in [0.15, 0.2) is 12.5 Å². The first-order valence-corrected chi connectivity index (χ1v) is 7.65. The summed E-state index contributed by atoms with van der Waals surface area (Å²) >= 11 is 0. The van der Waals surface area contributed by atoms with Gasteiger partial charge in [0.1, 0.15) is 6.04 Å². The number of carboxylic acid groups (broad SMARTS) is 1. The molecule has 7 nitrogen and oxygen atoms in total. The molecular formula is C11H19N3O4S. The minimum absolute atomic E-state index is 0.0379. The third-order valence-electron chi connectivity index (χ3n) is 2.56. The van der Waals surface area contributed by atoms with Crippen molar-refractivity contribution in [3.05, 3.63) is 18.2 Å². The molecule has 8 heteroatoms. The van der Waals surface area contributed by atoms with E-state index in [1.807, 2.05) is 13.8 Å². The number of nitrogens with one attached hydrogen (secondary N) is 2. The number of imidazole rings is 1. The van der Waals surface area contributed by atoms with E-state index in [9.17, 15) is 13.2 Å². The Kier molecular flexibility index (Phi) is 5.49. The van der Waals surface area contributed by atoms with Gasteiger partial charge in [0.25, 0.3) is 0 Å². The summed E-state index contributed by atoms with van der Waals surface area (Å²) in [6.07, 6.45) is 3.42. The largest absolute Gasteiger partial charge is 0.480 e. The maximum atomic E-state index is 11.8. The van der Waals surface area contributed by atoms with Crippen molar-refractivity contribution < 1.29 is 18.3 Å². The second-order valence-electron chi connectivity index (χ2n) is 4.79. The van der Waals surface area contributed by atoms with Crippen LogP contribution < -0.4 is 4.72 Å². The maximum absolute atomic E-state index is 11.8. The molecule has 0 saturated carbocycles. The summed E-state index contributed by atoms with van der Waals surface area (Å²) in [6, 6.07) is -1.18. The third-order valence-corrected chi connectivity index (χ3v) is 3.98. The van der Waals surface area contributed by atoms with Crippen molar-refractivity contribution in [1.29, 1.82) is 0 Å². The molecule has 3 N–H and O–H groups in total. The number of carboxylic acids is 1. The van der Waals surface area contributed by atoms with Gasteiger partial charge >= 0.3 is 5.97 Å². The monoisotopic (exact) mass is 289 g/mol. The zero-order chi connectivity index (χ0) is 14.5. The van der Waals surface area contributed by atoms with Crippen LogP contribution in [-0.2, 0) is 21.2 Å². The molecule has 0 aliphatic carbocycles. The van der Waals surface area contributed by atoms with Crippen molar-refractivity contribution in [2.45, 2.75) is 32.7 Å². The Balaban J connectivity index is 2.65. The van der Waals surface area contributed by atoms with Gasteiger partial charge in [0.15, 0.2) is 0 Å². The highest BCUT2D eigenvalue weighted by Gasteiger charge is 2.24. The second kappa shape index (κ2) is 6.67. The lowest BCUT2D eigenvalue weighted by molar-refractivity contribution is -0.138. The van der Waals surface area contributed by atoms with Crippen LogP contribution in [0.4, 0.5) is 0 Å². The summed E-state index contributed by atoms with van der Waals surface area (Å²) in [7, 11) is -3.59. The van der Waals surface area contributed by atoms with Gasteiger partial charge in [-0.05, 0) is 12.3 Å². The SMILES string of the molecule is CC(C)CCS(=O)(=O)N[C@H](Cc1cnc[nH]1)C(=O)O. The summed E-state index contributed by atoms with van der Waals surface area (Å²) < 4.78 is 25.8. The van der Waals surface area contributed by atoms with Crippen LogP contribution in [0.5, 0.6) is 0 Å². The highest BCUT2D eigenvalue weighted by Crippen LogP contribution is 2.05. The number of carbonyl (C=O) groups is 1. The molecule has 1 aromatic heterocycles. The molecule has 1 rings (SSSR count). The van der Waals surface area contributed by atoms with E-state index < -0.39 is 22.0 Å². The molecular weight excluding hydrogens is 270 g/mol. The Labute approximate surface area is 112 Å². The third kappa shape index (κ3) is 5.84. The molecule has 0 spiro atoms. The summed E-state index contributed by atoms with van der Waals surface area (Å²) in [4.78, 5) is 17.6. The molecule has 0 bridgehead atoms. The van der Waals surface area contributed by atoms with E-state index in [0.29, 0.717) is 12.1 Å². The zero-order valence-electron chi connectivity index (χ0n) is 11.0. The average Bonchev–Trinajstić information content (AvgIpc) is 2.78. The predicted octanol–water partition coefficient (Wildman–Crippen LogP) is 0.371. The Morgan fingerprint density at radius 1 is 1.53 bits per heavy atom. The van der Waals surface area contributed by atoms with E-state index in [4.69, 9.17) is 5.11 Å². The van der Waals surface area contributed by atoms with Gasteiger partial charge in [-0.3, -0.25) is 4.79 Å². The van der Waals surface area contributed by atoms with E-state index in [2.05, 4.69) is 14.7 Å². The summed E-state index contributed by atoms with van der Waals surface area (Å²) in [6.45, 7) is 3.82. The predicted molar refractivity (Wildman–Crippen MR) is 70.1 cm³/mol. The van der Waals surface area contributed by atoms with Crippen LogP contribution in [0.25, 0.3) is 0 Å². The molecule has 0 fully saturated rings. The normalized spacial score (nSPS) is 13.6. The number of hydrogen-bond donors (Lipinski definition) is 3. The number of nitrogens with zero attached hydrogens (tertiary/aromatic N) is 1. The van der Waals surface area contributed by atoms with Gasteiger partial charge in [-0.25, -0.2) is 18.1 Å². The van der Waals surface area contributed by atoms with Gasteiger partial charge in [0.2, 0.25) is 10.0 Å². The number of sulfonamides is 1. The molecule has 0 aromatic carbocycles. The molecule has 19 heavy (non-hydrogen) atoms. The number of aliphatic carboxylic acids is 1. The molecule has 1 heterocycles. The minimum Gasteiger partial charge on any atom is -0.480 e. The first-order chi connectivity index (χ1) is 8.80. The smallest absolute Gasteiger partial charge is 0.322 e. The van der Waals surface area contributed by atoms with Gasteiger partial charge < -0.3 is 10.1 Å². The Morgan fingerprint density at radius 3 is 2.68 bits per heavy atom. The van der Waals surface area contributed by atoms with Crippen molar-refractivity contribution in [2.24, 2.45) is 5.92 Å². The topological polar surface area (TPSA) is 112 Å². The lowest BCUT2D eigenvalue weighted by Crippen LogP contribution is -2.43. The fraction of sp³-hybridized carbons (Fsp3) is 0.636. The van der Waals surface area contributed by atoms with E-state index in [-0.39, 0.29) is 18.1 Å². The summed E-state index contributed by atoms with van der Waals surface area (Å²) in [5, 5.41) is 9.05. The van der Waals surface area contributed by atoms with E-state index >= 15 is 0 Å². The average molecular weight is 289 g/mol. The highest BCUT2D eigenvalue weighted by molar-refractivity contribution is 7.89. The van der Waals surface area contributed by atoms with Gasteiger partial charge in [-0.1, -0.05) is 13.8 Å². The van der Waals surface area contributed by atoms with Gasteiger partial charge in [-0.2, -0.15) is 0 Å². The fourth-order valence-electron chi connectivity index (χ4n) is 1.46. The van der Waals surface area contributed by atoms with E-state index in [1.165, 1.54) is 12.5 Å². The summed E-state index contributed by atoms with van der Waals surface area (Å²) in [5.74, 6) is -1.03. The van der Waals surface area contributed by atoms with Crippen LogP contribution in [0.3, 0.4) is 0 Å². The van der Waals surface area contributed by atoms with Crippen LogP contribution in [0.1, 0.15) is 26.0 Å². The molecule has 0 unspecified atom stereocenters. The quantitative estimate of drug-likeness (QED) is 0.640. The Morgan fingerprint density at radius 2 is 2.21 bits per heavy atom. The van der Waals surface area contributed by atoms with Crippen LogP contribution in [0, 0.1) is 5.92 Å². The van der Waals surface area contributed by atoms with Crippen LogP contribution in [0.2, 0.25) is 0 Å².